The van der Waals surface area contributed by atoms with E-state index in [1.165, 1.54) is 12.1 Å². The normalized spacial score (nSPS) is 11.6. The van der Waals surface area contributed by atoms with E-state index < -0.39 is 10.0 Å². The Labute approximate surface area is 145 Å². The van der Waals surface area contributed by atoms with Crippen LogP contribution in [0.1, 0.15) is 11.5 Å². The summed E-state index contributed by atoms with van der Waals surface area (Å²) in [5, 5.41) is 15.2. The van der Waals surface area contributed by atoms with E-state index in [0.717, 1.165) is 24.1 Å². The zero-order chi connectivity index (χ0) is 17.7. The van der Waals surface area contributed by atoms with Gasteiger partial charge in [-0.05, 0) is 29.8 Å². The van der Waals surface area contributed by atoms with Crippen LogP contribution in [0.3, 0.4) is 0 Å². The van der Waals surface area contributed by atoms with Crippen LogP contribution in [-0.4, -0.2) is 25.2 Å². The van der Waals surface area contributed by atoms with Crippen LogP contribution < -0.4 is 10.5 Å². The highest BCUT2D eigenvalue weighted by Gasteiger charge is 2.10. The molecule has 7 nitrogen and oxygen atoms in total. The standard InChI is InChI=1S/C17H18N4O3S/c18-25(22,23)15-8-6-13(7-9-15)10-11-19-12-16-20-21-17(24-16)14-4-2-1-3-5-14/h1-9,19H,10-12H2,(H2,18,22,23)/p+1. The molecule has 25 heavy (non-hydrogen) atoms. The van der Waals surface area contributed by atoms with E-state index in [1.807, 2.05) is 30.3 Å². The smallest absolute Gasteiger partial charge is 0.271 e. The maximum Gasteiger partial charge on any atom is 0.271 e. The monoisotopic (exact) mass is 359 g/mol. The number of benzene rings is 2. The minimum Gasteiger partial charge on any atom is -0.415 e. The Hall–Kier alpha value is -2.55. The van der Waals surface area contributed by atoms with Crippen LogP contribution in [0.5, 0.6) is 0 Å². The number of nitrogens with zero attached hydrogens (tertiary/aromatic N) is 2. The first-order valence-corrected chi connectivity index (χ1v) is 9.38. The van der Waals surface area contributed by atoms with Gasteiger partial charge in [0.2, 0.25) is 15.9 Å². The van der Waals surface area contributed by atoms with Gasteiger partial charge in [-0.15, -0.1) is 10.2 Å². The third-order valence-corrected chi connectivity index (χ3v) is 4.62. The Morgan fingerprint density at radius 3 is 2.40 bits per heavy atom. The van der Waals surface area contributed by atoms with Crippen molar-refractivity contribution in [2.45, 2.75) is 17.9 Å². The van der Waals surface area contributed by atoms with Gasteiger partial charge in [0, 0.05) is 12.0 Å². The molecule has 8 heteroatoms. The first-order chi connectivity index (χ1) is 12.0. The number of quaternary nitrogens is 1. The minimum absolute atomic E-state index is 0.125. The number of rotatable bonds is 7. The first kappa shape index (κ1) is 17.3. The Bertz CT molecular complexity index is 922. The molecule has 0 saturated carbocycles. The second kappa shape index (κ2) is 7.56. The van der Waals surface area contributed by atoms with Crippen LogP contribution in [0.25, 0.3) is 11.5 Å². The SMILES string of the molecule is NS(=O)(=O)c1ccc(CC[NH2+]Cc2nnc(-c3ccccc3)o2)cc1. The van der Waals surface area contributed by atoms with E-state index in [9.17, 15) is 8.42 Å². The molecule has 2 aromatic carbocycles. The molecule has 0 spiro atoms. The summed E-state index contributed by atoms with van der Waals surface area (Å²) in [6, 6.07) is 16.2. The van der Waals surface area contributed by atoms with Crippen molar-refractivity contribution in [3.05, 3.63) is 66.1 Å². The van der Waals surface area contributed by atoms with E-state index >= 15 is 0 Å². The molecule has 3 rings (SSSR count). The largest absolute Gasteiger partial charge is 0.415 e. The lowest BCUT2D eigenvalue weighted by Crippen LogP contribution is -2.83. The van der Waals surface area contributed by atoms with Gasteiger partial charge in [0.05, 0.1) is 11.4 Å². The van der Waals surface area contributed by atoms with Gasteiger partial charge in [0.1, 0.15) is 0 Å². The van der Waals surface area contributed by atoms with Crippen LogP contribution in [0.4, 0.5) is 0 Å². The summed E-state index contributed by atoms with van der Waals surface area (Å²) in [5.41, 5.74) is 1.94. The van der Waals surface area contributed by atoms with Crippen molar-refractivity contribution in [1.29, 1.82) is 0 Å². The molecular weight excluding hydrogens is 340 g/mol. The second-order valence-corrected chi connectivity index (χ2v) is 7.15. The van der Waals surface area contributed by atoms with Crippen LogP contribution >= 0.6 is 0 Å². The lowest BCUT2D eigenvalue weighted by Gasteiger charge is -2.02. The molecule has 0 atom stereocenters. The molecule has 0 aliphatic carbocycles. The summed E-state index contributed by atoms with van der Waals surface area (Å²) in [6.45, 7) is 1.41. The molecule has 3 aromatic rings. The second-order valence-electron chi connectivity index (χ2n) is 5.59. The highest BCUT2D eigenvalue weighted by atomic mass is 32.2. The number of aromatic nitrogens is 2. The summed E-state index contributed by atoms with van der Waals surface area (Å²) in [4.78, 5) is 0.125. The van der Waals surface area contributed by atoms with Crippen LogP contribution in [0.15, 0.2) is 63.9 Å². The van der Waals surface area contributed by atoms with E-state index in [4.69, 9.17) is 9.56 Å². The third-order valence-electron chi connectivity index (χ3n) is 3.70. The lowest BCUT2D eigenvalue weighted by atomic mass is 10.1. The van der Waals surface area contributed by atoms with E-state index in [-0.39, 0.29) is 4.90 Å². The maximum absolute atomic E-state index is 11.2. The number of nitrogens with two attached hydrogens (primary N) is 2. The molecule has 0 saturated heterocycles. The van der Waals surface area contributed by atoms with Gasteiger partial charge in [-0.2, -0.15) is 0 Å². The fraction of sp³-hybridized carbons (Fsp3) is 0.176. The highest BCUT2D eigenvalue weighted by molar-refractivity contribution is 7.89. The number of sulfonamides is 1. The molecule has 0 aliphatic heterocycles. The summed E-state index contributed by atoms with van der Waals surface area (Å²) >= 11 is 0. The first-order valence-electron chi connectivity index (χ1n) is 7.83. The van der Waals surface area contributed by atoms with E-state index in [1.54, 1.807) is 12.1 Å². The fourth-order valence-corrected chi connectivity index (χ4v) is 2.89. The van der Waals surface area contributed by atoms with Gasteiger partial charge < -0.3 is 9.73 Å². The molecular formula is C17H19N4O3S+. The van der Waals surface area contributed by atoms with Gasteiger partial charge in [0.25, 0.3) is 5.89 Å². The minimum atomic E-state index is -3.64. The summed E-state index contributed by atoms with van der Waals surface area (Å²) in [5.74, 6) is 1.09. The number of hydrogen-bond acceptors (Lipinski definition) is 5. The van der Waals surface area contributed by atoms with Crippen molar-refractivity contribution in [2.24, 2.45) is 5.14 Å². The zero-order valence-corrected chi connectivity index (χ0v) is 14.3. The molecule has 4 N–H and O–H groups in total. The molecule has 130 valence electrons. The topological polar surface area (TPSA) is 116 Å². The molecule has 0 unspecified atom stereocenters. The van der Waals surface area contributed by atoms with Gasteiger partial charge in [-0.3, -0.25) is 0 Å². The Morgan fingerprint density at radius 1 is 1.00 bits per heavy atom. The third kappa shape index (κ3) is 4.72. The van der Waals surface area contributed by atoms with Crippen LogP contribution in [0.2, 0.25) is 0 Å². The molecule has 0 aliphatic rings. The zero-order valence-electron chi connectivity index (χ0n) is 13.5. The summed E-state index contributed by atoms with van der Waals surface area (Å²) in [7, 11) is -3.64. The van der Waals surface area contributed by atoms with Crippen molar-refractivity contribution < 1.29 is 18.2 Å². The number of primary sulfonamides is 1. The van der Waals surface area contributed by atoms with Crippen molar-refractivity contribution in [1.82, 2.24) is 10.2 Å². The molecule has 1 aromatic heterocycles. The van der Waals surface area contributed by atoms with Gasteiger partial charge >= 0.3 is 0 Å². The Kier molecular flexibility index (Phi) is 5.22. The maximum atomic E-state index is 11.2. The van der Waals surface area contributed by atoms with Crippen molar-refractivity contribution in [2.75, 3.05) is 6.54 Å². The van der Waals surface area contributed by atoms with Gasteiger partial charge in [-0.1, -0.05) is 30.3 Å². The molecule has 1 heterocycles. The van der Waals surface area contributed by atoms with Crippen LogP contribution in [-0.2, 0) is 23.0 Å². The van der Waals surface area contributed by atoms with Gasteiger partial charge in [0.15, 0.2) is 6.54 Å². The molecule has 0 amide bonds. The predicted molar refractivity (Wildman–Crippen MR) is 91.7 cm³/mol. The Morgan fingerprint density at radius 2 is 1.72 bits per heavy atom. The average Bonchev–Trinajstić information content (AvgIpc) is 3.08. The van der Waals surface area contributed by atoms with Crippen molar-refractivity contribution >= 4 is 10.0 Å². The highest BCUT2D eigenvalue weighted by Crippen LogP contribution is 2.16. The fourth-order valence-electron chi connectivity index (χ4n) is 2.37. The lowest BCUT2D eigenvalue weighted by molar-refractivity contribution is -0.672. The van der Waals surface area contributed by atoms with E-state index in [0.29, 0.717) is 18.3 Å². The average molecular weight is 359 g/mol. The molecule has 0 bridgehead atoms. The summed E-state index contributed by atoms with van der Waals surface area (Å²) in [6.07, 6.45) is 0.796. The van der Waals surface area contributed by atoms with E-state index in [2.05, 4.69) is 15.5 Å². The predicted octanol–water partition coefficient (Wildman–Crippen LogP) is 0.690. The number of hydrogen-bond donors (Lipinski definition) is 2. The van der Waals surface area contributed by atoms with Crippen molar-refractivity contribution in [3.63, 3.8) is 0 Å². The van der Waals surface area contributed by atoms with Crippen LogP contribution in [0, 0.1) is 0 Å². The van der Waals surface area contributed by atoms with Gasteiger partial charge in [-0.25, -0.2) is 13.6 Å². The Balaban J connectivity index is 1.48. The summed E-state index contributed by atoms with van der Waals surface area (Å²) < 4.78 is 28.1. The molecule has 0 fully saturated rings. The molecule has 0 radical (unpaired) electrons. The quantitative estimate of drug-likeness (QED) is 0.602. The van der Waals surface area contributed by atoms with Crippen molar-refractivity contribution in [3.8, 4) is 11.5 Å².